The fraction of sp³-hybridized carbons (Fsp3) is 0.769. The molecule has 0 aromatic rings. The summed E-state index contributed by atoms with van der Waals surface area (Å²) in [6.07, 6.45) is 5.13. The van der Waals surface area contributed by atoms with E-state index in [2.05, 4.69) is 18.8 Å². The Morgan fingerprint density at radius 2 is 2.24 bits per heavy atom. The van der Waals surface area contributed by atoms with Crippen LogP contribution in [0.25, 0.3) is 0 Å². The molecule has 0 radical (unpaired) electrons. The van der Waals surface area contributed by atoms with Crippen molar-refractivity contribution >= 4 is 5.91 Å². The molecule has 1 unspecified atom stereocenters. The fourth-order valence-electron chi connectivity index (χ4n) is 1.43. The monoisotopic (exact) mass is 242 g/mol. The van der Waals surface area contributed by atoms with Gasteiger partial charge in [0.2, 0.25) is 5.91 Å². The number of rotatable bonds is 11. The minimum Gasteiger partial charge on any atom is -0.379 e. The van der Waals surface area contributed by atoms with Crippen molar-refractivity contribution in [2.75, 3.05) is 26.3 Å². The molecule has 0 fully saturated rings. The summed E-state index contributed by atoms with van der Waals surface area (Å²) in [5.74, 6) is 0.621. The van der Waals surface area contributed by atoms with E-state index in [1.165, 1.54) is 0 Å². The third kappa shape index (κ3) is 11.4. The lowest BCUT2D eigenvalue weighted by molar-refractivity contribution is -0.121. The summed E-state index contributed by atoms with van der Waals surface area (Å²) in [6, 6.07) is 0. The van der Waals surface area contributed by atoms with Crippen LogP contribution in [0.4, 0.5) is 0 Å². The van der Waals surface area contributed by atoms with Crippen LogP contribution in [0.1, 0.15) is 32.6 Å². The number of hydrogen-bond donors (Lipinski definition) is 2. The van der Waals surface area contributed by atoms with E-state index in [0.29, 0.717) is 38.6 Å². The molecule has 4 nitrogen and oxygen atoms in total. The van der Waals surface area contributed by atoms with Crippen LogP contribution in [0.2, 0.25) is 0 Å². The summed E-state index contributed by atoms with van der Waals surface area (Å²) < 4.78 is 5.29. The second kappa shape index (κ2) is 11.6. The molecule has 0 bridgehead atoms. The van der Waals surface area contributed by atoms with Crippen molar-refractivity contribution in [1.82, 2.24) is 5.32 Å². The molecular formula is C13H26N2O2. The maximum absolute atomic E-state index is 11.4. The number of ether oxygens (including phenoxy) is 1. The summed E-state index contributed by atoms with van der Waals surface area (Å²) in [5.41, 5.74) is 5.45. The summed E-state index contributed by atoms with van der Waals surface area (Å²) in [7, 11) is 0. The Kier molecular flexibility index (Phi) is 11.0. The highest BCUT2D eigenvalue weighted by Crippen LogP contribution is 2.08. The van der Waals surface area contributed by atoms with Gasteiger partial charge in [0.05, 0.1) is 13.2 Å². The molecule has 0 aliphatic heterocycles. The van der Waals surface area contributed by atoms with Crippen LogP contribution < -0.4 is 11.1 Å². The molecular weight excluding hydrogens is 216 g/mol. The zero-order chi connectivity index (χ0) is 12.9. The molecule has 100 valence electrons. The SMILES string of the molecule is C=CCCOCCNC(=O)CCC(C)CCN. The number of nitrogens with two attached hydrogens (primary N) is 1. The van der Waals surface area contributed by atoms with Gasteiger partial charge < -0.3 is 15.8 Å². The van der Waals surface area contributed by atoms with Crippen LogP contribution in [0.3, 0.4) is 0 Å². The number of carbonyl (C=O) groups is 1. The van der Waals surface area contributed by atoms with Crippen molar-refractivity contribution in [3.05, 3.63) is 12.7 Å². The van der Waals surface area contributed by atoms with Gasteiger partial charge in [-0.05, 0) is 31.7 Å². The first kappa shape index (κ1) is 16.1. The first-order valence-electron chi connectivity index (χ1n) is 6.36. The van der Waals surface area contributed by atoms with Gasteiger partial charge in [0.1, 0.15) is 0 Å². The second-order valence-corrected chi connectivity index (χ2v) is 4.26. The van der Waals surface area contributed by atoms with Crippen LogP contribution in [-0.4, -0.2) is 32.2 Å². The number of hydrogen-bond acceptors (Lipinski definition) is 3. The predicted octanol–water partition coefficient (Wildman–Crippen LogP) is 1.46. The van der Waals surface area contributed by atoms with E-state index < -0.39 is 0 Å². The standard InChI is InChI=1S/C13H26N2O2/c1-3-4-10-17-11-9-15-13(16)6-5-12(2)7-8-14/h3,12H,1,4-11,14H2,2H3,(H,15,16). The largest absolute Gasteiger partial charge is 0.379 e. The molecule has 0 rings (SSSR count). The van der Waals surface area contributed by atoms with Crippen LogP contribution in [0, 0.1) is 5.92 Å². The minimum atomic E-state index is 0.0983. The molecule has 0 aliphatic carbocycles. The Morgan fingerprint density at radius 3 is 2.88 bits per heavy atom. The second-order valence-electron chi connectivity index (χ2n) is 4.26. The van der Waals surface area contributed by atoms with Gasteiger partial charge in [-0.1, -0.05) is 13.0 Å². The van der Waals surface area contributed by atoms with Crippen LogP contribution >= 0.6 is 0 Å². The van der Waals surface area contributed by atoms with E-state index in [-0.39, 0.29) is 5.91 Å². The van der Waals surface area contributed by atoms with Crippen molar-refractivity contribution in [3.8, 4) is 0 Å². The predicted molar refractivity (Wildman–Crippen MR) is 70.7 cm³/mol. The van der Waals surface area contributed by atoms with Crippen molar-refractivity contribution < 1.29 is 9.53 Å². The molecule has 0 heterocycles. The van der Waals surface area contributed by atoms with Gasteiger partial charge in [0.15, 0.2) is 0 Å². The summed E-state index contributed by atoms with van der Waals surface area (Å²) in [5, 5.41) is 2.84. The molecule has 0 aromatic heterocycles. The highest BCUT2D eigenvalue weighted by atomic mass is 16.5. The van der Waals surface area contributed by atoms with Gasteiger partial charge in [-0.3, -0.25) is 4.79 Å². The summed E-state index contributed by atoms with van der Waals surface area (Å²) in [4.78, 5) is 11.4. The molecule has 0 saturated heterocycles. The van der Waals surface area contributed by atoms with Crippen LogP contribution in [0.5, 0.6) is 0 Å². The van der Waals surface area contributed by atoms with Crippen molar-refractivity contribution in [1.29, 1.82) is 0 Å². The summed E-state index contributed by atoms with van der Waals surface area (Å²) in [6.45, 7) is 8.25. The maximum atomic E-state index is 11.4. The van der Waals surface area contributed by atoms with E-state index >= 15 is 0 Å². The number of nitrogens with one attached hydrogen (secondary N) is 1. The molecule has 4 heteroatoms. The highest BCUT2D eigenvalue weighted by Gasteiger charge is 2.05. The van der Waals surface area contributed by atoms with Crippen molar-refractivity contribution in [2.24, 2.45) is 11.7 Å². The topological polar surface area (TPSA) is 64.3 Å². The molecule has 3 N–H and O–H groups in total. The summed E-state index contributed by atoms with van der Waals surface area (Å²) >= 11 is 0. The van der Waals surface area contributed by atoms with Gasteiger partial charge >= 0.3 is 0 Å². The zero-order valence-electron chi connectivity index (χ0n) is 10.9. The van der Waals surface area contributed by atoms with E-state index in [1.54, 1.807) is 0 Å². The van der Waals surface area contributed by atoms with E-state index in [0.717, 1.165) is 19.3 Å². The lowest BCUT2D eigenvalue weighted by atomic mass is 10.0. The number of carbonyl (C=O) groups excluding carboxylic acids is 1. The lowest BCUT2D eigenvalue weighted by Crippen LogP contribution is -2.27. The Bertz CT molecular complexity index is 208. The minimum absolute atomic E-state index is 0.0983. The molecule has 0 aliphatic rings. The van der Waals surface area contributed by atoms with Crippen LogP contribution in [0.15, 0.2) is 12.7 Å². The maximum Gasteiger partial charge on any atom is 0.220 e. The normalized spacial score (nSPS) is 12.1. The smallest absolute Gasteiger partial charge is 0.220 e. The molecule has 1 amide bonds. The average molecular weight is 242 g/mol. The van der Waals surface area contributed by atoms with E-state index in [4.69, 9.17) is 10.5 Å². The Balaban J connectivity index is 3.31. The lowest BCUT2D eigenvalue weighted by Gasteiger charge is -2.10. The van der Waals surface area contributed by atoms with Crippen LogP contribution in [-0.2, 0) is 9.53 Å². The van der Waals surface area contributed by atoms with Crippen molar-refractivity contribution in [3.63, 3.8) is 0 Å². The van der Waals surface area contributed by atoms with Gasteiger partial charge in [-0.2, -0.15) is 0 Å². The zero-order valence-corrected chi connectivity index (χ0v) is 10.9. The van der Waals surface area contributed by atoms with Gasteiger partial charge in [-0.25, -0.2) is 0 Å². The Morgan fingerprint density at radius 1 is 1.47 bits per heavy atom. The third-order valence-electron chi connectivity index (χ3n) is 2.56. The highest BCUT2D eigenvalue weighted by molar-refractivity contribution is 5.75. The van der Waals surface area contributed by atoms with E-state index in [9.17, 15) is 4.79 Å². The Labute approximate surface area is 105 Å². The fourth-order valence-corrected chi connectivity index (χ4v) is 1.43. The molecule has 0 spiro atoms. The number of amides is 1. The first-order valence-corrected chi connectivity index (χ1v) is 6.36. The molecule has 1 atom stereocenters. The Hall–Kier alpha value is -0.870. The van der Waals surface area contributed by atoms with Gasteiger partial charge in [0, 0.05) is 13.0 Å². The van der Waals surface area contributed by atoms with E-state index in [1.807, 2.05) is 6.08 Å². The molecule has 0 aromatic carbocycles. The molecule has 0 saturated carbocycles. The molecule has 17 heavy (non-hydrogen) atoms. The van der Waals surface area contributed by atoms with Gasteiger partial charge in [0.25, 0.3) is 0 Å². The van der Waals surface area contributed by atoms with Crippen molar-refractivity contribution in [2.45, 2.75) is 32.6 Å². The first-order chi connectivity index (χ1) is 8.20. The van der Waals surface area contributed by atoms with Gasteiger partial charge in [-0.15, -0.1) is 6.58 Å². The quantitative estimate of drug-likeness (QED) is 0.426. The average Bonchev–Trinajstić information content (AvgIpc) is 2.31. The third-order valence-corrected chi connectivity index (χ3v) is 2.56.